The summed E-state index contributed by atoms with van der Waals surface area (Å²) in [6.07, 6.45) is 6.06. The fourth-order valence-corrected chi connectivity index (χ4v) is 3.53. The number of nitrogens with one attached hydrogen (secondary N) is 2. The van der Waals surface area contributed by atoms with E-state index in [0.29, 0.717) is 18.7 Å². The quantitative estimate of drug-likeness (QED) is 0.651. The average Bonchev–Trinajstić information content (AvgIpc) is 3.20. The van der Waals surface area contributed by atoms with Gasteiger partial charge in [0.25, 0.3) is 0 Å². The first-order chi connectivity index (χ1) is 13.0. The molecule has 1 aliphatic rings. The predicted molar refractivity (Wildman–Crippen MR) is 101 cm³/mol. The normalized spacial score (nSPS) is 16.8. The predicted octanol–water partition coefficient (Wildman–Crippen LogP) is 2.04. The van der Waals surface area contributed by atoms with Crippen molar-refractivity contribution >= 4 is 11.5 Å². The van der Waals surface area contributed by atoms with Gasteiger partial charge in [-0.25, -0.2) is 0 Å². The van der Waals surface area contributed by atoms with Crippen LogP contribution in [-0.4, -0.2) is 49.8 Å². The minimum atomic E-state index is -0.838. The molecule has 2 unspecified atom stereocenters. The molecule has 2 aromatic rings. The van der Waals surface area contributed by atoms with Crippen molar-refractivity contribution in [1.29, 1.82) is 0 Å². The molecule has 2 atom stereocenters. The minimum Gasteiger partial charge on any atom is -0.481 e. The van der Waals surface area contributed by atoms with E-state index in [1.54, 1.807) is 0 Å². The van der Waals surface area contributed by atoms with Crippen LogP contribution in [0.2, 0.25) is 0 Å². The first-order valence-corrected chi connectivity index (χ1v) is 9.35. The van der Waals surface area contributed by atoms with E-state index in [1.165, 1.54) is 5.57 Å². The van der Waals surface area contributed by atoms with Crippen LogP contribution in [-0.2, 0) is 11.2 Å². The number of tetrazole rings is 1. The Morgan fingerprint density at radius 2 is 2.19 bits per heavy atom. The van der Waals surface area contributed by atoms with Crippen molar-refractivity contribution in [1.82, 2.24) is 30.9 Å². The summed E-state index contributed by atoms with van der Waals surface area (Å²) < 4.78 is 0. The van der Waals surface area contributed by atoms with Gasteiger partial charge in [-0.05, 0) is 42.5 Å². The maximum absolute atomic E-state index is 11.9. The Kier molecular flexibility index (Phi) is 6.28. The van der Waals surface area contributed by atoms with Gasteiger partial charge in [0.05, 0.1) is 5.92 Å². The zero-order valence-corrected chi connectivity index (χ0v) is 15.7. The molecule has 3 N–H and O–H groups in total. The van der Waals surface area contributed by atoms with E-state index in [0.717, 1.165) is 30.8 Å². The molecule has 8 nitrogen and oxygen atoms in total. The van der Waals surface area contributed by atoms with Crippen LogP contribution in [0.4, 0.5) is 0 Å². The van der Waals surface area contributed by atoms with Gasteiger partial charge in [0.2, 0.25) is 0 Å². The molecule has 8 heteroatoms. The number of pyridine rings is 1. The molecule has 2 aromatic heterocycles. The summed E-state index contributed by atoms with van der Waals surface area (Å²) in [5.41, 5.74) is 3.25. The lowest BCUT2D eigenvalue weighted by molar-refractivity contribution is -0.143. The molecule has 0 bridgehead atoms. The molecule has 0 fully saturated rings. The number of H-pyrrole nitrogens is 1. The second-order valence-electron chi connectivity index (χ2n) is 7.38. The van der Waals surface area contributed by atoms with Crippen LogP contribution in [0.1, 0.15) is 49.7 Å². The van der Waals surface area contributed by atoms with Gasteiger partial charge in [0.1, 0.15) is 0 Å². The lowest BCUT2D eigenvalue weighted by Gasteiger charge is -2.22. The second-order valence-corrected chi connectivity index (χ2v) is 7.38. The van der Waals surface area contributed by atoms with Gasteiger partial charge < -0.3 is 10.4 Å². The number of nitrogens with zero attached hydrogens (tertiary/aromatic N) is 4. The van der Waals surface area contributed by atoms with E-state index in [4.69, 9.17) is 0 Å². The Morgan fingerprint density at radius 3 is 2.74 bits per heavy atom. The summed E-state index contributed by atoms with van der Waals surface area (Å²) in [4.78, 5) is 16.5. The molecular weight excluding hydrogens is 344 g/mol. The Morgan fingerprint density at radius 1 is 1.33 bits per heavy atom. The third-order valence-corrected chi connectivity index (χ3v) is 4.91. The smallest absolute Gasteiger partial charge is 0.307 e. The molecule has 0 aliphatic carbocycles. The number of aromatic nitrogens is 5. The third kappa shape index (κ3) is 4.97. The SMILES string of the molecule is CC(C)CC(C(=O)O)C(Cc1ccc(C2=CCNCC2)cn1)c1nn[nH]n1. The second kappa shape index (κ2) is 8.85. The van der Waals surface area contributed by atoms with E-state index >= 15 is 0 Å². The Hall–Kier alpha value is -2.61. The highest BCUT2D eigenvalue weighted by atomic mass is 16.4. The van der Waals surface area contributed by atoms with Crippen LogP contribution in [0.15, 0.2) is 24.4 Å². The number of rotatable bonds is 8. The minimum absolute atomic E-state index is 0.252. The molecule has 144 valence electrons. The fourth-order valence-electron chi connectivity index (χ4n) is 3.53. The van der Waals surface area contributed by atoms with Gasteiger partial charge in [0, 0.05) is 30.8 Å². The summed E-state index contributed by atoms with van der Waals surface area (Å²) >= 11 is 0. The van der Waals surface area contributed by atoms with Crippen molar-refractivity contribution in [2.24, 2.45) is 11.8 Å². The van der Waals surface area contributed by atoms with Crippen molar-refractivity contribution in [3.63, 3.8) is 0 Å². The van der Waals surface area contributed by atoms with Crippen LogP contribution in [0.25, 0.3) is 5.57 Å². The van der Waals surface area contributed by atoms with Gasteiger partial charge in [-0.2, -0.15) is 5.21 Å². The van der Waals surface area contributed by atoms with Crippen LogP contribution >= 0.6 is 0 Å². The number of hydrogen-bond acceptors (Lipinski definition) is 6. The summed E-state index contributed by atoms with van der Waals surface area (Å²) in [7, 11) is 0. The maximum Gasteiger partial charge on any atom is 0.307 e. The van der Waals surface area contributed by atoms with Crippen LogP contribution in [0.5, 0.6) is 0 Å². The largest absolute Gasteiger partial charge is 0.481 e. The van der Waals surface area contributed by atoms with Crippen LogP contribution in [0, 0.1) is 11.8 Å². The number of aromatic amines is 1. The summed E-state index contributed by atoms with van der Waals surface area (Å²) in [6.45, 7) is 5.89. The van der Waals surface area contributed by atoms with Gasteiger partial charge >= 0.3 is 5.97 Å². The summed E-state index contributed by atoms with van der Waals surface area (Å²) in [6, 6.07) is 4.03. The molecule has 3 rings (SSSR count). The Balaban J connectivity index is 1.81. The first kappa shape index (κ1) is 19.2. The first-order valence-electron chi connectivity index (χ1n) is 9.35. The highest BCUT2D eigenvalue weighted by Crippen LogP contribution is 2.31. The maximum atomic E-state index is 11.9. The van der Waals surface area contributed by atoms with Gasteiger partial charge in [-0.3, -0.25) is 9.78 Å². The van der Waals surface area contributed by atoms with E-state index in [1.807, 2.05) is 26.1 Å². The highest BCUT2D eigenvalue weighted by molar-refractivity contribution is 5.71. The van der Waals surface area contributed by atoms with E-state index in [2.05, 4.69) is 43.1 Å². The molecule has 27 heavy (non-hydrogen) atoms. The standard InChI is InChI=1S/C19H26N6O2/c1-12(2)9-17(19(26)27)16(18-22-24-25-23-18)10-15-4-3-14(11-21-15)13-5-7-20-8-6-13/h3-5,11-12,16-17,20H,6-10H2,1-2H3,(H,26,27)(H,22,23,24,25). The van der Waals surface area contributed by atoms with Crippen molar-refractivity contribution in [2.45, 2.75) is 39.0 Å². The molecule has 0 spiro atoms. The lowest BCUT2D eigenvalue weighted by Crippen LogP contribution is -2.26. The number of carboxylic acids is 1. The average molecular weight is 370 g/mol. The highest BCUT2D eigenvalue weighted by Gasteiger charge is 2.33. The van der Waals surface area contributed by atoms with Crippen molar-refractivity contribution < 1.29 is 9.90 Å². The molecule has 0 amide bonds. The number of aliphatic carboxylic acids is 1. The number of carboxylic acid groups (broad SMARTS) is 1. The molecule has 1 aliphatic heterocycles. The Bertz CT molecular complexity index is 770. The van der Waals surface area contributed by atoms with Gasteiger partial charge in [-0.15, -0.1) is 10.2 Å². The fraction of sp³-hybridized carbons (Fsp3) is 0.526. The Labute approximate surface area is 158 Å². The van der Waals surface area contributed by atoms with Crippen LogP contribution in [0.3, 0.4) is 0 Å². The van der Waals surface area contributed by atoms with Crippen molar-refractivity contribution in [3.8, 4) is 0 Å². The van der Waals surface area contributed by atoms with Crippen LogP contribution < -0.4 is 5.32 Å². The molecule has 0 aromatic carbocycles. The third-order valence-electron chi connectivity index (χ3n) is 4.91. The molecule has 3 heterocycles. The molecule has 0 saturated carbocycles. The van der Waals surface area contributed by atoms with Crippen molar-refractivity contribution in [2.75, 3.05) is 13.1 Å². The lowest BCUT2D eigenvalue weighted by atomic mass is 9.82. The summed E-state index contributed by atoms with van der Waals surface area (Å²) in [5.74, 6) is -1.12. The van der Waals surface area contributed by atoms with Gasteiger partial charge in [0.15, 0.2) is 5.82 Å². The topological polar surface area (TPSA) is 117 Å². The number of hydrogen-bond donors (Lipinski definition) is 3. The molecule has 0 radical (unpaired) electrons. The van der Waals surface area contributed by atoms with Crippen molar-refractivity contribution in [3.05, 3.63) is 41.5 Å². The zero-order chi connectivity index (χ0) is 19.2. The zero-order valence-electron chi connectivity index (χ0n) is 15.7. The van der Waals surface area contributed by atoms with Gasteiger partial charge in [-0.1, -0.05) is 31.2 Å². The van der Waals surface area contributed by atoms with E-state index in [9.17, 15) is 9.90 Å². The molecular formula is C19H26N6O2. The van der Waals surface area contributed by atoms with E-state index in [-0.39, 0.29) is 11.8 Å². The monoisotopic (exact) mass is 370 g/mol. The van der Waals surface area contributed by atoms with E-state index < -0.39 is 11.9 Å². The summed E-state index contributed by atoms with van der Waals surface area (Å²) in [5, 5.41) is 27.2. The number of carbonyl (C=O) groups is 1. The molecule has 0 saturated heterocycles.